The van der Waals surface area contributed by atoms with Gasteiger partial charge in [0.2, 0.25) is 0 Å². The molecule has 112 valence electrons. The van der Waals surface area contributed by atoms with Gasteiger partial charge < -0.3 is 0 Å². The standard InChI is InChI=1S/C18H22O2Se/c1-12(2)13-9-14-11-17(19)20-18(14,3)16(10-13)21-15-7-5-4-6-8-15/h4-8,13-14,16H,1,9-11H2,2-3H3/t13-,14-,16+,18+/m1/s1. The molecule has 0 amide bonds. The van der Waals surface area contributed by atoms with Crippen LogP contribution in [-0.2, 0) is 9.53 Å². The molecule has 3 heteroatoms. The van der Waals surface area contributed by atoms with Crippen LogP contribution in [0.25, 0.3) is 0 Å². The molecule has 1 heterocycles. The summed E-state index contributed by atoms with van der Waals surface area (Å²) >= 11 is 0.326. The molecule has 2 fully saturated rings. The first-order valence-corrected chi connectivity index (χ1v) is 9.42. The van der Waals surface area contributed by atoms with Crippen LogP contribution in [0.2, 0.25) is 4.82 Å². The van der Waals surface area contributed by atoms with Gasteiger partial charge in [-0.1, -0.05) is 0 Å². The van der Waals surface area contributed by atoms with Crippen LogP contribution in [0.5, 0.6) is 0 Å². The molecule has 1 saturated heterocycles. The molecule has 1 aliphatic heterocycles. The fraction of sp³-hybridized carbons (Fsp3) is 0.500. The quantitative estimate of drug-likeness (QED) is 0.476. The summed E-state index contributed by atoms with van der Waals surface area (Å²) in [7, 11) is 0. The van der Waals surface area contributed by atoms with Crippen LogP contribution >= 0.6 is 0 Å². The Morgan fingerprint density at radius 1 is 1.33 bits per heavy atom. The van der Waals surface area contributed by atoms with E-state index in [1.807, 2.05) is 0 Å². The fourth-order valence-electron chi connectivity index (χ4n) is 3.58. The van der Waals surface area contributed by atoms with E-state index in [2.05, 4.69) is 50.8 Å². The molecule has 3 rings (SSSR count). The van der Waals surface area contributed by atoms with Crippen LogP contribution in [0, 0.1) is 11.8 Å². The Morgan fingerprint density at radius 2 is 2.05 bits per heavy atom. The van der Waals surface area contributed by atoms with Crippen molar-refractivity contribution in [1.82, 2.24) is 0 Å². The van der Waals surface area contributed by atoms with Gasteiger partial charge in [0.25, 0.3) is 0 Å². The first-order valence-electron chi connectivity index (χ1n) is 7.58. The predicted molar refractivity (Wildman–Crippen MR) is 85.7 cm³/mol. The summed E-state index contributed by atoms with van der Waals surface area (Å²) in [4.78, 5) is 12.3. The average Bonchev–Trinajstić information content (AvgIpc) is 2.74. The second-order valence-corrected chi connectivity index (χ2v) is 9.17. The van der Waals surface area contributed by atoms with Crippen molar-refractivity contribution >= 4 is 25.4 Å². The van der Waals surface area contributed by atoms with Crippen LogP contribution < -0.4 is 4.46 Å². The van der Waals surface area contributed by atoms with Crippen LogP contribution in [0.4, 0.5) is 0 Å². The molecular formula is C18H22O2Se. The summed E-state index contributed by atoms with van der Waals surface area (Å²) in [5.41, 5.74) is 0.990. The van der Waals surface area contributed by atoms with Gasteiger partial charge in [0.15, 0.2) is 0 Å². The SMILES string of the molecule is C=C(C)[C@@H]1C[C@@H]2CC(=O)O[C@]2(C)[C@@H]([Se]c2ccccc2)C1. The topological polar surface area (TPSA) is 26.3 Å². The van der Waals surface area contributed by atoms with Crippen molar-refractivity contribution in [3.05, 3.63) is 42.5 Å². The summed E-state index contributed by atoms with van der Waals surface area (Å²) < 4.78 is 7.20. The van der Waals surface area contributed by atoms with Crippen LogP contribution in [0.3, 0.4) is 0 Å². The van der Waals surface area contributed by atoms with E-state index < -0.39 is 0 Å². The Morgan fingerprint density at radius 3 is 2.71 bits per heavy atom. The van der Waals surface area contributed by atoms with E-state index in [0.29, 0.717) is 38.0 Å². The molecule has 0 N–H and O–H groups in total. The van der Waals surface area contributed by atoms with E-state index in [9.17, 15) is 4.79 Å². The Hall–Kier alpha value is -1.05. The maximum absolute atomic E-state index is 11.9. The molecule has 4 atom stereocenters. The third-order valence-electron chi connectivity index (χ3n) is 4.98. The van der Waals surface area contributed by atoms with Crippen molar-refractivity contribution in [1.29, 1.82) is 0 Å². The van der Waals surface area contributed by atoms with Gasteiger partial charge in [-0.2, -0.15) is 0 Å². The van der Waals surface area contributed by atoms with E-state index in [-0.39, 0.29) is 11.6 Å². The molecule has 1 saturated carbocycles. The minimum atomic E-state index is -0.265. The molecule has 21 heavy (non-hydrogen) atoms. The Labute approximate surface area is 133 Å². The molecular weight excluding hydrogens is 327 g/mol. The monoisotopic (exact) mass is 350 g/mol. The molecule has 1 aromatic rings. The third-order valence-corrected chi connectivity index (χ3v) is 8.11. The number of hydrogen-bond acceptors (Lipinski definition) is 2. The summed E-state index contributed by atoms with van der Waals surface area (Å²) in [5, 5.41) is 0. The number of carbonyl (C=O) groups excluding carboxylic acids is 1. The number of carbonyl (C=O) groups is 1. The third kappa shape index (κ3) is 2.82. The van der Waals surface area contributed by atoms with Crippen molar-refractivity contribution in [2.24, 2.45) is 11.8 Å². The first-order chi connectivity index (χ1) is 9.99. The van der Waals surface area contributed by atoms with Crippen molar-refractivity contribution in [2.75, 3.05) is 0 Å². The molecule has 0 spiro atoms. The summed E-state index contributed by atoms with van der Waals surface area (Å²) in [6.07, 6.45) is 2.74. The zero-order chi connectivity index (χ0) is 15.0. The molecule has 0 aromatic heterocycles. The van der Waals surface area contributed by atoms with Gasteiger partial charge in [0.1, 0.15) is 0 Å². The number of esters is 1. The second-order valence-electron chi connectivity index (χ2n) is 6.49. The van der Waals surface area contributed by atoms with E-state index in [0.717, 1.165) is 12.8 Å². The maximum atomic E-state index is 11.9. The van der Waals surface area contributed by atoms with Gasteiger partial charge in [0.05, 0.1) is 0 Å². The van der Waals surface area contributed by atoms with E-state index >= 15 is 0 Å². The van der Waals surface area contributed by atoms with E-state index in [1.54, 1.807) is 0 Å². The molecule has 1 aromatic carbocycles. The normalized spacial score (nSPS) is 35.1. The van der Waals surface area contributed by atoms with Gasteiger partial charge in [0, 0.05) is 0 Å². The molecule has 0 radical (unpaired) electrons. The minimum absolute atomic E-state index is 0.0151. The van der Waals surface area contributed by atoms with Crippen molar-refractivity contribution in [2.45, 2.75) is 43.5 Å². The Bertz CT molecular complexity index is 554. The van der Waals surface area contributed by atoms with Crippen molar-refractivity contribution in [3.8, 4) is 0 Å². The van der Waals surface area contributed by atoms with Crippen molar-refractivity contribution in [3.63, 3.8) is 0 Å². The first kappa shape index (κ1) is 14.9. The van der Waals surface area contributed by atoms with Crippen LogP contribution in [-0.4, -0.2) is 26.5 Å². The van der Waals surface area contributed by atoms with Crippen LogP contribution in [0.15, 0.2) is 42.5 Å². The number of hydrogen-bond donors (Lipinski definition) is 0. The number of benzene rings is 1. The molecule has 0 bridgehead atoms. The molecule has 1 aliphatic carbocycles. The number of allylic oxidation sites excluding steroid dienone is 1. The Balaban J connectivity index is 1.87. The summed E-state index contributed by atoms with van der Waals surface area (Å²) in [6.45, 7) is 8.44. The van der Waals surface area contributed by atoms with Crippen molar-refractivity contribution < 1.29 is 9.53 Å². The van der Waals surface area contributed by atoms with Gasteiger partial charge in [-0.3, -0.25) is 0 Å². The number of ether oxygens (including phenoxy) is 1. The molecule has 2 nitrogen and oxygen atoms in total. The van der Waals surface area contributed by atoms with Gasteiger partial charge in [-0.15, -0.1) is 0 Å². The zero-order valence-corrected chi connectivity index (χ0v) is 14.4. The average molecular weight is 349 g/mol. The van der Waals surface area contributed by atoms with Gasteiger partial charge in [-0.25, -0.2) is 0 Å². The number of fused-ring (bicyclic) bond motifs is 1. The zero-order valence-electron chi connectivity index (χ0n) is 12.7. The Kier molecular flexibility index (Phi) is 3.98. The van der Waals surface area contributed by atoms with Gasteiger partial charge in [-0.05, 0) is 0 Å². The summed E-state index contributed by atoms with van der Waals surface area (Å²) in [5.74, 6) is 0.878. The molecule has 0 unspecified atom stereocenters. The number of rotatable bonds is 3. The van der Waals surface area contributed by atoms with E-state index in [1.165, 1.54) is 10.0 Å². The van der Waals surface area contributed by atoms with Gasteiger partial charge >= 0.3 is 133 Å². The predicted octanol–water partition coefficient (Wildman–Crippen LogP) is 3.11. The molecule has 2 aliphatic rings. The van der Waals surface area contributed by atoms with Crippen LogP contribution in [0.1, 0.15) is 33.1 Å². The second kappa shape index (κ2) is 5.62. The fourth-order valence-corrected chi connectivity index (χ4v) is 6.62. The summed E-state index contributed by atoms with van der Waals surface area (Å²) in [6, 6.07) is 10.6. The van der Waals surface area contributed by atoms with E-state index in [4.69, 9.17) is 4.74 Å².